The third kappa shape index (κ3) is 4.76. The van der Waals surface area contributed by atoms with Gasteiger partial charge in [-0.25, -0.2) is 0 Å². The lowest BCUT2D eigenvalue weighted by atomic mass is 9.94. The minimum Gasteiger partial charge on any atom is -0.328 e. The van der Waals surface area contributed by atoms with Gasteiger partial charge in [-0.1, -0.05) is 30.5 Å². The molecule has 1 aliphatic carbocycles. The molecule has 7 heteroatoms. The minimum absolute atomic E-state index is 0.0226. The van der Waals surface area contributed by atoms with Gasteiger partial charge in [0.05, 0.1) is 18.4 Å². The largest absolute Gasteiger partial charge is 0.328 e. The Morgan fingerprint density at radius 2 is 2.07 bits per heavy atom. The maximum atomic E-state index is 13.3. The van der Waals surface area contributed by atoms with E-state index < -0.39 is 0 Å². The van der Waals surface area contributed by atoms with Gasteiger partial charge in [-0.15, -0.1) is 5.10 Å². The first-order valence-corrected chi connectivity index (χ1v) is 10.6. The third-order valence-corrected chi connectivity index (χ3v) is 5.94. The Morgan fingerprint density at radius 1 is 1.18 bits per heavy atom. The summed E-state index contributed by atoms with van der Waals surface area (Å²) in [7, 11) is 0. The highest BCUT2D eigenvalue weighted by atomic mass is 16.2. The van der Waals surface area contributed by atoms with Gasteiger partial charge >= 0.3 is 0 Å². The topological polar surface area (TPSA) is 75.9 Å². The minimum atomic E-state index is -0.0226. The summed E-state index contributed by atoms with van der Waals surface area (Å²) >= 11 is 0. The van der Waals surface area contributed by atoms with E-state index >= 15 is 0 Å². The van der Waals surface area contributed by atoms with E-state index in [1.54, 1.807) is 6.20 Å². The number of hydrogen-bond acceptors (Lipinski definition) is 5. The molecule has 0 unspecified atom stereocenters. The number of pyridine rings is 1. The molecule has 2 aromatic rings. The van der Waals surface area contributed by atoms with Crippen molar-refractivity contribution in [2.24, 2.45) is 5.92 Å². The van der Waals surface area contributed by atoms with Gasteiger partial charge in [0, 0.05) is 18.8 Å². The first-order valence-electron chi connectivity index (χ1n) is 10.6. The lowest BCUT2D eigenvalue weighted by Crippen LogP contribution is -2.41. The number of rotatable bonds is 6. The molecule has 1 saturated carbocycles. The van der Waals surface area contributed by atoms with Crippen molar-refractivity contribution in [1.82, 2.24) is 30.2 Å². The van der Waals surface area contributed by atoms with Gasteiger partial charge in [-0.2, -0.15) is 0 Å². The van der Waals surface area contributed by atoms with Crippen molar-refractivity contribution in [3.05, 3.63) is 42.0 Å². The Hall–Kier alpha value is -2.28. The molecule has 2 aliphatic rings. The summed E-state index contributed by atoms with van der Waals surface area (Å²) in [6.07, 6.45) is 11.7. The van der Waals surface area contributed by atoms with Gasteiger partial charge in [0.15, 0.2) is 5.69 Å². The summed E-state index contributed by atoms with van der Waals surface area (Å²) in [5.74, 6) is 0.534. The maximum absolute atomic E-state index is 13.3. The molecule has 4 rings (SSSR count). The number of amides is 1. The van der Waals surface area contributed by atoms with Crippen LogP contribution in [0.25, 0.3) is 0 Å². The van der Waals surface area contributed by atoms with E-state index in [2.05, 4.69) is 20.6 Å². The summed E-state index contributed by atoms with van der Waals surface area (Å²) < 4.78 is 1.84. The average Bonchev–Trinajstić information content (AvgIpc) is 3.22. The molecule has 28 heavy (non-hydrogen) atoms. The fourth-order valence-corrected chi connectivity index (χ4v) is 4.40. The van der Waals surface area contributed by atoms with E-state index in [4.69, 9.17) is 0 Å². The zero-order valence-electron chi connectivity index (χ0n) is 16.5. The van der Waals surface area contributed by atoms with Crippen LogP contribution >= 0.6 is 0 Å². The molecule has 1 amide bonds. The molecule has 2 fully saturated rings. The van der Waals surface area contributed by atoms with Crippen LogP contribution in [0.15, 0.2) is 30.6 Å². The van der Waals surface area contributed by atoms with Crippen molar-refractivity contribution in [2.75, 3.05) is 13.1 Å². The first-order chi connectivity index (χ1) is 13.8. The van der Waals surface area contributed by atoms with Gasteiger partial charge < -0.3 is 10.2 Å². The standard InChI is InChI=1S/C21H30N6O/c28-21(20-16-26(25-24-20)14-17-7-6-11-22-13-17)27(19-9-2-1-3-10-19)15-18-8-4-5-12-23-18/h4-5,8,12,16-17,19,22H,1-3,6-7,9-11,13-15H2/t17-/m1/s1. The van der Waals surface area contributed by atoms with Crippen molar-refractivity contribution >= 4 is 5.91 Å². The van der Waals surface area contributed by atoms with Crippen LogP contribution in [-0.4, -0.2) is 49.9 Å². The number of nitrogens with zero attached hydrogens (tertiary/aromatic N) is 5. The monoisotopic (exact) mass is 382 g/mol. The Bertz CT molecular complexity index is 749. The van der Waals surface area contributed by atoms with Crippen LogP contribution in [0, 0.1) is 5.92 Å². The predicted molar refractivity (Wildman–Crippen MR) is 107 cm³/mol. The van der Waals surface area contributed by atoms with Crippen LogP contribution in [0.2, 0.25) is 0 Å². The summed E-state index contributed by atoms with van der Waals surface area (Å²) in [6.45, 7) is 3.46. The molecular formula is C21H30N6O. The van der Waals surface area contributed by atoms with Gasteiger partial charge in [0.1, 0.15) is 0 Å². The third-order valence-electron chi connectivity index (χ3n) is 5.94. The average molecular weight is 383 g/mol. The number of hydrogen-bond donors (Lipinski definition) is 1. The molecular weight excluding hydrogens is 352 g/mol. The van der Waals surface area contributed by atoms with Gasteiger partial charge in [-0.3, -0.25) is 14.5 Å². The van der Waals surface area contributed by atoms with Crippen LogP contribution in [0.1, 0.15) is 61.1 Å². The number of piperidine rings is 1. The van der Waals surface area contributed by atoms with Crippen molar-refractivity contribution in [3.8, 4) is 0 Å². The number of aromatic nitrogens is 4. The highest BCUT2D eigenvalue weighted by Gasteiger charge is 2.28. The quantitative estimate of drug-likeness (QED) is 0.831. The maximum Gasteiger partial charge on any atom is 0.276 e. The molecule has 1 saturated heterocycles. The van der Waals surface area contributed by atoms with E-state index in [0.29, 0.717) is 18.2 Å². The fraction of sp³-hybridized carbons (Fsp3) is 0.619. The van der Waals surface area contributed by atoms with E-state index in [0.717, 1.165) is 38.2 Å². The molecule has 3 heterocycles. The summed E-state index contributed by atoms with van der Waals surface area (Å²) in [5, 5.41) is 11.9. The second-order valence-corrected chi connectivity index (χ2v) is 8.08. The summed E-state index contributed by atoms with van der Waals surface area (Å²) in [4.78, 5) is 19.7. The molecule has 1 N–H and O–H groups in total. The van der Waals surface area contributed by atoms with E-state index in [-0.39, 0.29) is 11.9 Å². The summed E-state index contributed by atoms with van der Waals surface area (Å²) in [6, 6.07) is 6.12. The zero-order valence-corrected chi connectivity index (χ0v) is 16.5. The number of nitrogens with one attached hydrogen (secondary N) is 1. The second kappa shape index (κ2) is 9.28. The highest BCUT2D eigenvalue weighted by Crippen LogP contribution is 2.25. The Morgan fingerprint density at radius 3 is 2.82 bits per heavy atom. The van der Waals surface area contributed by atoms with Crippen molar-refractivity contribution in [1.29, 1.82) is 0 Å². The molecule has 1 atom stereocenters. The van der Waals surface area contributed by atoms with E-state index in [1.807, 2.05) is 34.0 Å². The highest BCUT2D eigenvalue weighted by molar-refractivity contribution is 5.92. The van der Waals surface area contributed by atoms with Crippen LogP contribution in [0.4, 0.5) is 0 Å². The molecule has 0 spiro atoms. The summed E-state index contributed by atoms with van der Waals surface area (Å²) in [5.41, 5.74) is 1.37. The second-order valence-electron chi connectivity index (χ2n) is 8.08. The molecule has 150 valence electrons. The van der Waals surface area contributed by atoms with Gasteiger partial charge in [-0.05, 0) is 56.8 Å². The van der Waals surface area contributed by atoms with Gasteiger partial charge in [0.2, 0.25) is 0 Å². The molecule has 7 nitrogen and oxygen atoms in total. The SMILES string of the molecule is O=C(c1cn(C[C@@H]2CCCNC2)nn1)N(Cc1ccccn1)C1CCCCC1. The number of carbonyl (C=O) groups is 1. The van der Waals surface area contributed by atoms with Crippen LogP contribution in [0.3, 0.4) is 0 Å². The van der Waals surface area contributed by atoms with Crippen LogP contribution < -0.4 is 5.32 Å². The van der Waals surface area contributed by atoms with Crippen LogP contribution in [-0.2, 0) is 13.1 Å². The molecule has 0 bridgehead atoms. The smallest absolute Gasteiger partial charge is 0.276 e. The molecule has 1 aliphatic heterocycles. The molecule has 0 aromatic carbocycles. The first kappa shape index (κ1) is 19.1. The Balaban J connectivity index is 1.48. The lowest BCUT2D eigenvalue weighted by Gasteiger charge is -2.33. The van der Waals surface area contributed by atoms with Crippen molar-refractivity contribution < 1.29 is 4.79 Å². The van der Waals surface area contributed by atoms with E-state index in [1.165, 1.54) is 32.1 Å². The fourth-order valence-electron chi connectivity index (χ4n) is 4.40. The Labute approximate surface area is 166 Å². The lowest BCUT2D eigenvalue weighted by molar-refractivity contribution is 0.0605. The molecule has 0 radical (unpaired) electrons. The van der Waals surface area contributed by atoms with Crippen molar-refractivity contribution in [2.45, 2.75) is 64.1 Å². The Kier molecular flexibility index (Phi) is 6.31. The number of carbonyl (C=O) groups excluding carboxylic acids is 1. The van der Waals surface area contributed by atoms with E-state index in [9.17, 15) is 4.79 Å². The van der Waals surface area contributed by atoms with Gasteiger partial charge in [0.25, 0.3) is 5.91 Å². The molecule has 2 aromatic heterocycles. The predicted octanol–water partition coefficient (Wildman–Crippen LogP) is 2.65. The normalized spacial score (nSPS) is 20.8. The zero-order chi connectivity index (χ0) is 19.2. The van der Waals surface area contributed by atoms with Crippen LogP contribution in [0.5, 0.6) is 0 Å². The van der Waals surface area contributed by atoms with Crippen molar-refractivity contribution in [3.63, 3.8) is 0 Å².